The number of halogens is 1. The normalized spacial score (nSPS) is 14.7. The zero-order chi connectivity index (χ0) is 27.4. The van der Waals surface area contributed by atoms with Crippen LogP contribution in [0.25, 0.3) is 0 Å². The van der Waals surface area contributed by atoms with Crippen LogP contribution >= 0.6 is 27.7 Å². The summed E-state index contributed by atoms with van der Waals surface area (Å²) in [6, 6.07) is 9.24. The summed E-state index contributed by atoms with van der Waals surface area (Å²) in [4.78, 5) is 18.6. The Kier molecular flexibility index (Phi) is 9.04. The van der Waals surface area contributed by atoms with Crippen LogP contribution in [0.1, 0.15) is 56.3 Å². The molecule has 0 fully saturated rings. The highest BCUT2D eigenvalue weighted by Gasteiger charge is 2.35. The van der Waals surface area contributed by atoms with E-state index in [0.717, 1.165) is 45.4 Å². The molecule has 4 rings (SSSR count). The Hall–Kier alpha value is -2.98. The van der Waals surface area contributed by atoms with Crippen molar-refractivity contribution in [3.05, 3.63) is 62.8 Å². The molecule has 2 N–H and O–H groups in total. The number of nitrogens with zero attached hydrogens (tertiary/aromatic N) is 3. The number of rotatable bonds is 10. The minimum absolute atomic E-state index is 0.210. The maximum Gasteiger partial charge on any atom is 0.255 e. The van der Waals surface area contributed by atoms with Gasteiger partial charge >= 0.3 is 0 Å². The van der Waals surface area contributed by atoms with Crippen LogP contribution < -0.4 is 20.1 Å². The Morgan fingerprint density at radius 1 is 1.24 bits per heavy atom. The number of hydrogen-bond acceptors (Lipinski definition) is 7. The van der Waals surface area contributed by atoms with E-state index in [1.54, 1.807) is 23.6 Å². The summed E-state index contributed by atoms with van der Waals surface area (Å²) in [6.07, 6.45) is 1.97. The monoisotopic (exact) mass is 599 g/mol. The van der Waals surface area contributed by atoms with Crippen molar-refractivity contribution in [1.82, 2.24) is 14.8 Å². The van der Waals surface area contributed by atoms with Gasteiger partial charge in [-0.05, 0) is 83.8 Å². The van der Waals surface area contributed by atoms with Gasteiger partial charge in [0.25, 0.3) is 5.91 Å². The van der Waals surface area contributed by atoms with Crippen molar-refractivity contribution in [3.8, 4) is 11.5 Å². The number of thioether (sulfide) groups is 1. The zero-order valence-electron chi connectivity index (χ0n) is 22.6. The fraction of sp³-hybridized carbons (Fsp3) is 0.393. The number of aryl methyl sites for hydroxylation is 1. The predicted octanol–water partition coefficient (Wildman–Crippen LogP) is 6.88. The van der Waals surface area contributed by atoms with Crippen molar-refractivity contribution >= 4 is 45.2 Å². The highest BCUT2D eigenvalue weighted by molar-refractivity contribution is 9.10. The molecule has 1 atom stereocenters. The summed E-state index contributed by atoms with van der Waals surface area (Å²) in [5, 5.41) is 11.9. The number of hydrogen-bond donors (Lipinski definition) is 2. The summed E-state index contributed by atoms with van der Waals surface area (Å²) in [5.41, 5.74) is 5.00. The molecule has 10 heteroatoms. The van der Waals surface area contributed by atoms with E-state index in [4.69, 9.17) is 14.6 Å². The van der Waals surface area contributed by atoms with Gasteiger partial charge in [-0.3, -0.25) is 4.79 Å². The number of anilines is 2. The molecule has 2 aromatic carbocycles. The van der Waals surface area contributed by atoms with Crippen LogP contribution in [-0.4, -0.2) is 40.1 Å². The third-order valence-corrected chi connectivity index (χ3v) is 7.82. The number of fused-ring (bicyclic) bond motifs is 1. The second-order valence-electron chi connectivity index (χ2n) is 9.10. The van der Waals surface area contributed by atoms with Crippen LogP contribution in [-0.2, 0) is 4.79 Å². The van der Waals surface area contributed by atoms with Crippen molar-refractivity contribution < 1.29 is 14.3 Å². The van der Waals surface area contributed by atoms with Crippen LogP contribution in [0.2, 0.25) is 0 Å². The molecule has 1 amide bonds. The molecular weight excluding hydrogens is 566 g/mol. The van der Waals surface area contributed by atoms with E-state index >= 15 is 0 Å². The number of carbonyl (C=O) groups is 1. The van der Waals surface area contributed by atoms with Crippen molar-refractivity contribution in [2.75, 3.05) is 30.1 Å². The topological polar surface area (TPSA) is 90.3 Å². The molecule has 1 aliphatic heterocycles. The summed E-state index contributed by atoms with van der Waals surface area (Å²) in [7, 11) is 1.62. The molecule has 0 saturated heterocycles. The van der Waals surface area contributed by atoms with Crippen LogP contribution in [0.3, 0.4) is 0 Å². The van der Waals surface area contributed by atoms with Crippen LogP contribution in [0, 0.1) is 13.8 Å². The predicted molar refractivity (Wildman–Crippen MR) is 157 cm³/mol. The second kappa shape index (κ2) is 12.3. The second-order valence-corrected chi connectivity index (χ2v) is 11.2. The van der Waals surface area contributed by atoms with Gasteiger partial charge in [0.05, 0.1) is 23.8 Å². The molecule has 1 aliphatic rings. The minimum Gasteiger partial charge on any atom is -0.493 e. The molecule has 8 nitrogen and oxygen atoms in total. The van der Waals surface area contributed by atoms with E-state index in [9.17, 15) is 4.79 Å². The molecule has 1 unspecified atom stereocenters. The number of benzene rings is 2. The number of nitrogens with one attached hydrogen (secondary N) is 2. The zero-order valence-corrected chi connectivity index (χ0v) is 25.0. The van der Waals surface area contributed by atoms with Gasteiger partial charge < -0.3 is 20.1 Å². The third-order valence-electron chi connectivity index (χ3n) is 6.52. The van der Waals surface area contributed by atoms with Crippen LogP contribution in [0.5, 0.6) is 11.5 Å². The summed E-state index contributed by atoms with van der Waals surface area (Å²) >= 11 is 5.24. The number of unbranched alkanes of at least 4 members (excludes halogenated alkanes) is 1. The average molecular weight is 601 g/mol. The first kappa shape index (κ1) is 28.0. The van der Waals surface area contributed by atoms with Crippen LogP contribution in [0.15, 0.2) is 51.2 Å². The van der Waals surface area contributed by atoms with Crippen molar-refractivity contribution in [3.63, 3.8) is 0 Å². The maximum atomic E-state index is 13.9. The van der Waals surface area contributed by atoms with Crippen molar-refractivity contribution in [2.24, 2.45) is 0 Å². The number of ether oxygens (including phenoxy) is 2. The molecule has 1 aromatic heterocycles. The maximum absolute atomic E-state index is 13.9. The van der Waals surface area contributed by atoms with Gasteiger partial charge in [-0.2, -0.15) is 4.98 Å². The Balaban J connectivity index is 1.82. The minimum atomic E-state index is -0.537. The first-order valence-corrected chi connectivity index (χ1v) is 14.5. The number of methoxy groups -OCH3 is 1. The first-order chi connectivity index (χ1) is 18.3. The summed E-state index contributed by atoms with van der Waals surface area (Å²) in [5.74, 6) is 2.44. The SMILES string of the molecule is CCCCOc1c(Br)cc(C2C(C(=O)Nc3cccc(C)c3C)=C(C)Nc3nc(SCC)nn32)cc1OC. The molecule has 0 radical (unpaired) electrons. The number of amides is 1. The summed E-state index contributed by atoms with van der Waals surface area (Å²) in [6.45, 7) is 10.7. The van der Waals surface area contributed by atoms with Gasteiger partial charge in [-0.25, -0.2) is 4.68 Å². The molecule has 3 aromatic rings. The Morgan fingerprint density at radius 3 is 2.74 bits per heavy atom. The average Bonchev–Trinajstić information content (AvgIpc) is 3.28. The van der Waals surface area contributed by atoms with E-state index in [0.29, 0.717) is 40.5 Å². The Bertz CT molecular complexity index is 1370. The van der Waals surface area contributed by atoms with Gasteiger partial charge in [-0.1, -0.05) is 44.2 Å². The lowest BCUT2D eigenvalue weighted by Crippen LogP contribution is -2.31. The molecule has 0 spiro atoms. The third kappa shape index (κ3) is 5.71. The molecule has 2 heterocycles. The standard InChI is InChI=1S/C28H34BrN5O3S/c1-7-9-13-37-25-20(29)14-19(15-22(25)36-6)24-23(26(35)31-21-12-10-11-16(3)17(21)4)18(5)30-27-32-28(38-8-2)33-34(24)27/h10-12,14-15,24H,7-9,13H2,1-6H3,(H,31,35)(H,30,32,33). The Morgan fingerprint density at radius 2 is 2.03 bits per heavy atom. The van der Waals surface area contributed by atoms with Crippen molar-refractivity contribution in [1.29, 1.82) is 0 Å². The van der Waals surface area contributed by atoms with E-state index in [2.05, 4.69) is 45.4 Å². The van der Waals surface area contributed by atoms with Gasteiger partial charge in [0.1, 0.15) is 6.04 Å². The van der Waals surface area contributed by atoms with E-state index in [1.807, 2.05) is 51.1 Å². The molecule has 202 valence electrons. The quantitative estimate of drug-likeness (QED) is 0.194. The van der Waals surface area contributed by atoms with Crippen molar-refractivity contribution in [2.45, 2.75) is 58.7 Å². The molecule has 0 aliphatic carbocycles. The van der Waals surface area contributed by atoms with E-state index in [-0.39, 0.29) is 5.91 Å². The number of allylic oxidation sites excluding steroid dienone is 1. The van der Waals surface area contributed by atoms with E-state index in [1.165, 1.54) is 0 Å². The Labute approximate surface area is 236 Å². The van der Waals surface area contributed by atoms with Gasteiger partial charge in [0.15, 0.2) is 11.5 Å². The van der Waals surface area contributed by atoms with E-state index < -0.39 is 6.04 Å². The summed E-state index contributed by atoms with van der Waals surface area (Å²) < 4.78 is 14.3. The van der Waals surface area contributed by atoms with Gasteiger partial charge in [0, 0.05) is 11.4 Å². The van der Waals surface area contributed by atoms with Gasteiger partial charge in [0.2, 0.25) is 11.1 Å². The molecule has 0 saturated carbocycles. The molecular formula is C28H34BrN5O3S. The lowest BCUT2D eigenvalue weighted by atomic mass is 9.94. The lowest BCUT2D eigenvalue weighted by molar-refractivity contribution is -0.113. The smallest absolute Gasteiger partial charge is 0.255 e. The largest absolute Gasteiger partial charge is 0.493 e. The lowest BCUT2D eigenvalue weighted by Gasteiger charge is -2.29. The van der Waals surface area contributed by atoms with Crippen LogP contribution in [0.4, 0.5) is 11.6 Å². The highest BCUT2D eigenvalue weighted by Crippen LogP contribution is 2.43. The number of aromatic nitrogens is 3. The highest BCUT2D eigenvalue weighted by atomic mass is 79.9. The molecule has 0 bridgehead atoms. The fourth-order valence-corrected chi connectivity index (χ4v) is 5.49. The van der Waals surface area contributed by atoms with Gasteiger partial charge in [-0.15, -0.1) is 5.10 Å². The first-order valence-electron chi connectivity index (χ1n) is 12.7. The fourth-order valence-electron chi connectivity index (χ4n) is 4.36. The molecule has 38 heavy (non-hydrogen) atoms. The number of carbonyl (C=O) groups excluding carboxylic acids is 1.